The SMILES string of the molecule is c1ccc(Oc2cccc(OCC[NH2+]CC[NH+]3CCOCC3)c2)cc1. The zero-order valence-corrected chi connectivity index (χ0v) is 14.7. The van der Waals surface area contributed by atoms with Gasteiger partial charge in [0.15, 0.2) is 0 Å². The van der Waals surface area contributed by atoms with Crippen LogP contribution in [0.5, 0.6) is 17.2 Å². The fraction of sp³-hybridized carbons (Fsp3) is 0.400. The maximum absolute atomic E-state index is 5.84. The van der Waals surface area contributed by atoms with Gasteiger partial charge in [0.05, 0.1) is 13.2 Å². The number of nitrogens with two attached hydrogens (primary N) is 1. The van der Waals surface area contributed by atoms with E-state index in [1.807, 2.05) is 54.6 Å². The van der Waals surface area contributed by atoms with Crippen LogP contribution in [0.3, 0.4) is 0 Å². The van der Waals surface area contributed by atoms with Gasteiger partial charge in [-0.25, -0.2) is 0 Å². The van der Waals surface area contributed by atoms with Gasteiger partial charge in [0.25, 0.3) is 0 Å². The molecule has 2 aromatic rings. The van der Waals surface area contributed by atoms with Gasteiger partial charge in [-0.2, -0.15) is 0 Å². The van der Waals surface area contributed by atoms with Crippen molar-refractivity contribution in [1.82, 2.24) is 0 Å². The van der Waals surface area contributed by atoms with Crippen molar-refractivity contribution in [2.75, 3.05) is 52.5 Å². The summed E-state index contributed by atoms with van der Waals surface area (Å²) in [6.45, 7) is 8.08. The van der Waals surface area contributed by atoms with Crippen LogP contribution in [0.1, 0.15) is 0 Å². The second-order valence-corrected chi connectivity index (χ2v) is 6.22. The second-order valence-electron chi connectivity index (χ2n) is 6.22. The molecule has 5 nitrogen and oxygen atoms in total. The number of hydrogen-bond acceptors (Lipinski definition) is 3. The summed E-state index contributed by atoms with van der Waals surface area (Å²) in [7, 11) is 0. The first-order valence-electron chi connectivity index (χ1n) is 9.09. The molecule has 0 bridgehead atoms. The van der Waals surface area contributed by atoms with Crippen molar-refractivity contribution in [3.05, 3.63) is 54.6 Å². The van der Waals surface area contributed by atoms with Crippen LogP contribution in [-0.4, -0.2) is 52.5 Å². The first kappa shape index (κ1) is 17.7. The molecule has 134 valence electrons. The maximum atomic E-state index is 5.84. The van der Waals surface area contributed by atoms with Crippen LogP contribution >= 0.6 is 0 Å². The smallest absolute Gasteiger partial charge is 0.137 e. The van der Waals surface area contributed by atoms with Gasteiger partial charge >= 0.3 is 0 Å². The fourth-order valence-electron chi connectivity index (χ4n) is 2.87. The third-order valence-electron chi connectivity index (χ3n) is 4.28. The number of hydrogen-bond donors (Lipinski definition) is 2. The molecule has 0 unspecified atom stereocenters. The van der Waals surface area contributed by atoms with Gasteiger partial charge < -0.3 is 24.4 Å². The predicted octanol–water partition coefficient (Wildman–Crippen LogP) is 0.336. The molecule has 1 heterocycles. The van der Waals surface area contributed by atoms with Crippen LogP contribution in [0.15, 0.2) is 54.6 Å². The highest BCUT2D eigenvalue weighted by Gasteiger charge is 2.13. The van der Waals surface area contributed by atoms with Gasteiger partial charge in [-0.3, -0.25) is 0 Å². The molecule has 0 saturated carbocycles. The highest BCUT2D eigenvalue weighted by atomic mass is 16.5. The Bertz CT molecular complexity index is 615. The topological polar surface area (TPSA) is 48.7 Å². The maximum Gasteiger partial charge on any atom is 0.137 e. The lowest BCUT2D eigenvalue weighted by Gasteiger charge is -2.22. The van der Waals surface area contributed by atoms with E-state index in [1.165, 1.54) is 6.54 Å². The van der Waals surface area contributed by atoms with Gasteiger partial charge in [-0.05, 0) is 24.3 Å². The Morgan fingerprint density at radius 2 is 1.64 bits per heavy atom. The molecular weight excluding hydrogens is 316 g/mol. The van der Waals surface area contributed by atoms with Crippen molar-refractivity contribution in [2.24, 2.45) is 0 Å². The Hall–Kier alpha value is -2.08. The van der Waals surface area contributed by atoms with E-state index in [4.69, 9.17) is 14.2 Å². The average Bonchev–Trinajstić information content (AvgIpc) is 2.66. The number of morpholine rings is 1. The van der Waals surface area contributed by atoms with Gasteiger partial charge in [0.2, 0.25) is 0 Å². The molecule has 25 heavy (non-hydrogen) atoms. The molecule has 1 aliphatic heterocycles. The second kappa shape index (κ2) is 10.0. The highest BCUT2D eigenvalue weighted by Crippen LogP contribution is 2.24. The number of nitrogens with one attached hydrogen (secondary N) is 1. The molecule has 0 aromatic heterocycles. The minimum Gasteiger partial charge on any atom is -0.488 e. The minimum absolute atomic E-state index is 0.702. The van der Waals surface area contributed by atoms with Crippen molar-refractivity contribution in [3.8, 4) is 17.2 Å². The number of para-hydroxylation sites is 1. The third-order valence-corrected chi connectivity index (χ3v) is 4.28. The summed E-state index contributed by atoms with van der Waals surface area (Å²) in [6.07, 6.45) is 0. The van der Waals surface area contributed by atoms with E-state index >= 15 is 0 Å². The lowest BCUT2D eigenvalue weighted by Crippen LogP contribution is -3.16. The molecule has 3 N–H and O–H groups in total. The molecule has 0 radical (unpaired) electrons. The summed E-state index contributed by atoms with van der Waals surface area (Å²) in [5, 5.41) is 2.33. The summed E-state index contributed by atoms with van der Waals surface area (Å²) in [5.41, 5.74) is 0. The molecule has 1 saturated heterocycles. The van der Waals surface area contributed by atoms with Gasteiger partial charge in [0.1, 0.15) is 56.6 Å². The summed E-state index contributed by atoms with van der Waals surface area (Å²) in [6, 6.07) is 17.6. The molecular formula is C20H28N2O3+2. The van der Waals surface area contributed by atoms with E-state index in [2.05, 4.69) is 5.32 Å². The minimum atomic E-state index is 0.702. The molecule has 2 aromatic carbocycles. The van der Waals surface area contributed by atoms with Crippen LogP contribution in [0.4, 0.5) is 0 Å². The Balaban J connectivity index is 1.33. The van der Waals surface area contributed by atoms with E-state index in [9.17, 15) is 0 Å². The zero-order valence-electron chi connectivity index (χ0n) is 14.7. The third kappa shape index (κ3) is 6.38. The Morgan fingerprint density at radius 3 is 2.48 bits per heavy atom. The monoisotopic (exact) mass is 344 g/mol. The zero-order chi connectivity index (χ0) is 17.2. The number of ether oxygens (including phenoxy) is 3. The van der Waals surface area contributed by atoms with Gasteiger partial charge in [-0.1, -0.05) is 24.3 Å². The summed E-state index contributed by atoms with van der Waals surface area (Å²) >= 11 is 0. The van der Waals surface area contributed by atoms with E-state index in [1.54, 1.807) is 4.90 Å². The normalized spacial score (nSPS) is 15.0. The highest BCUT2D eigenvalue weighted by molar-refractivity contribution is 5.36. The lowest BCUT2D eigenvalue weighted by molar-refractivity contribution is -0.919. The van der Waals surface area contributed by atoms with Crippen LogP contribution in [0.2, 0.25) is 0 Å². The first-order chi connectivity index (χ1) is 12.4. The van der Waals surface area contributed by atoms with Crippen molar-refractivity contribution in [1.29, 1.82) is 0 Å². The van der Waals surface area contributed by atoms with E-state index < -0.39 is 0 Å². The quantitative estimate of drug-likeness (QED) is 0.645. The summed E-state index contributed by atoms with van der Waals surface area (Å²) < 4.78 is 17.0. The first-order valence-corrected chi connectivity index (χ1v) is 9.09. The van der Waals surface area contributed by atoms with E-state index in [-0.39, 0.29) is 0 Å². The number of benzene rings is 2. The van der Waals surface area contributed by atoms with Crippen molar-refractivity contribution in [2.45, 2.75) is 0 Å². The van der Waals surface area contributed by atoms with Crippen molar-refractivity contribution >= 4 is 0 Å². The average molecular weight is 344 g/mol. The Labute approximate surface area is 149 Å². The summed E-state index contributed by atoms with van der Waals surface area (Å²) in [5.74, 6) is 2.47. The molecule has 0 amide bonds. The van der Waals surface area contributed by atoms with Crippen molar-refractivity contribution < 1.29 is 24.4 Å². The number of quaternary nitrogens is 2. The molecule has 0 atom stereocenters. The van der Waals surface area contributed by atoms with Gasteiger partial charge in [-0.15, -0.1) is 0 Å². The van der Waals surface area contributed by atoms with Crippen molar-refractivity contribution in [3.63, 3.8) is 0 Å². The Morgan fingerprint density at radius 1 is 0.880 bits per heavy atom. The van der Waals surface area contributed by atoms with E-state index in [0.717, 1.165) is 56.6 Å². The van der Waals surface area contributed by atoms with Crippen LogP contribution < -0.4 is 19.7 Å². The summed E-state index contributed by atoms with van der Waals surface area (Å²) in [4.78, 5) is 1.65. The predicted molar refractivity (Wildman–Crippen MR) is 96.5 cm³/mol. The molecule has 0 aliphatic carbocycles. The largest absolute Gasteiger partial charge is 0.488 e. The van der Waals surface area contributed by atoms with Crippen LogP contribution in [-0.2, 0) is 4.74 Å². The Kier molecular flexibility index (Phi) is 7.12. The fourth-order valence-corrected chi connectivity index (χ4v) is 2.87. The van der Waals surface area contributed by atoms with E-state index in [0.29, 0.717) is 6.61 Å². The lowest BCUT2D eigenvalue weighted by atomic mass is 10.3. The van der Waals surface area contributed by atoms with Gasteiger partial charge in [0, 0.05) is 6.07 Å². The molecule has 3 rings (SSSR count). The molecule has 5 heteroatoms. The van der Waals surface area contributed by atoms with Crippen LogP contribution in [0, 0.1) is 0 Å². The standard InChI is InChI=1S/C20H26N2O3/c1-2-5-18(6-3-1)25-20-8-4-7-19(17-20)24-14-10-21-9-11-22-12-15-23-16-13-22/h1-8,17,21H,9-16H2/p+2. The molecule has 0 spiro atoms. The molecule has 1 fully saturated rings. The van der Waals surface area contributed by atoms with Crippen LogP contribution in [0.25, 0.3) is 0 Å². The number of rotatable bonds is 9. The molecule has 1 aliphatic rings.